The maximum absolute atomic E-state index is 13.4. The van der Waals surface area contributed by atoms with Gasteiger partial charge in [0, 0.05) is 32.4 Å². The molecule has 0 spiro atoms. The zero-order chi connectivity index (χ0) is 38.1. The number of halogens is 1. The molecule has 0 fully saturated rings. The lowest BCUT2D eigenvalue weighted by molar-refractivity contribution is -0.112. The average Bonchev–Trinajstić information content (AvgIpc) is 3.01. The van der Waals surface area contributed by atoms with Gasteiger partial charge in [-0.25, -0.2) is 4.79 Å². The van der Waals surface area contributed by atoms with Crippen molar-refractivity contribution in [1.29, 1.82) is 0 Å². The molecular weight excluding hydrogens is 698 g/mol. The average molecular weight is 754 g/mol. The number of hydrogen-bond acceptors (Lipinski definition) is 10. The molecule has 0 radical (unpaired) electrons. The molecule has 1 N–H and O–H groups in total. The van der Waals surface area contributed by atoms with Crippen LogP contribution in [0.5, 0.6) is 28.7 Å². The second kappa shape index (κ2) is 17.8. The zero-order valence-electron chi connectivity index (χ0n) is 32.2. The Hall–Kier alpha value is -3.24. The maximum atomic E-state index is 13.4. The van der Waals surface area contributed by atoms with Gasteiger partial charge in [-0.1, -0.05) is 59.2 Å². The number of amides is 1. The minimum Gasteiger partial charge on any atom is -0.543 e. The Morgan fingerprint density at radius 2 is 1.28 bits per heavy atom. The molecule has 0 bridgehead atoms. The molecular formula is C36H56ClNO10Si2. The van der Waals surface area contributed by atoms with Crippen molar-refractivity contribution in [2.24, 2.45) is 0 Å². The van der Waals surface area contributed by atoms with Gasteiger partial charge >= 0.3 is 5.97 Å². The fourth-order valence-electron chi connectivity index (χ4n) is 4.10. The number of esters is 1. The molecule has 0 saturated heterocycles. The molecule has 0 unspecified atom stereocenters. The fourth-order valence-corrected chi connectivity index (χ4v) is 6.48. The number of hydrogen-bond donors (Lipinski definition) is 1. The van der Waals surface area contributed by atoms with E-state index in [1.165, 1.54) is 34.5 Å². The Kier molecular flexibility index (Phi) is 15.3. The van der Waals surface area contributed by atoms with Gasteiger partial charge in [0.25, 0.3) is 16.6 Å². The summed E-state index contributed by atoms with van der Waals surface area (Å²) in [5, 5.41) is 2.88. The molecule has 0 aliphatic carbocycles. The topological polar surface area (TPSA) is 120 Å². The Balaban J connectivity index is 2.53. The highest BCUT2D eigenvalue weighted by Gasteiger charge is 2.42. The molecule has 0 saturated carbocycles. The van der Waals surface area contributed by atoms with E-state index in [0.29, 0.717) is 57.9 Å². The largest absolute Gasteiger partial charge is 0.543 e. The van der Waals surface area contributed by atoms with Crippen LogP contribution < -0.4 is 28.4 Å². The van der Waals surface area contributed by atoms with E-state index < -0.39 is 28.5 Å². The quantitative estimate of drug-likeness (QED) is 0.0725. The van der Waals surface area contributed by atoms with Crippen molar-refractivity contribution < 1.29 is 46.9 Å². The number of rotatable bonds is 17. The van der Waals surface area contributed by atoms with Gasteiger partial charge in [0.1, 0.15) is 22.8 Å². The van der Waals surface area contributed by atoms with Gasteiger partial charge in [0.15, 0.2) is 25.1 Å². The first kappa shape index (κ1) is 42.9. The Bertz CT molecular complexity index is 1510. The van der Waals surface area contributed by atoms with Crippen molar-refractivity contribution in [1.82, 2.24) is 0 Å². The van der Waals surface area contributed by atoms with E-state index in [1.54, 1.807) is 24.3 Å². The second-order valence-electron chi connectivity index (χ2n) is 14.8. The Morgan fingerprint density at radius 1 is 0.760 bits per heavy atom. The van der Waals surface area contributed by atoms with Crippen molar-refractivity contribution in [3.63, 3.8) is 0 Å². The number of nitrogens with one attached hydrogen (secondary N) is 1. The molecule has 0 aliphatic heterocycles. The molecule has 0 heterocycles. The van der Waals surface area contributed by atoms with E-state index in [9.17, 15) is 9.59 Å². The van der Waals surface area contributed by atoms with E-state index in [4.69, 9.17) is 48.9 Å². The summed E-state index contributed by atoms with van der Waals surface area (Å²) in [6, 6.07) is 4.90. The van der Waals surface area contributed by atoms with Crippen LogP contribution in [-0.2, 0) is 25.4 Å². The summed E-state index contributed by atoms with van der Waals surface area (Å²) < 4.78 is 45.4. The number of allylic oxidation sites excluding steroid dienone is 1. The molecule has 50 heavy (non-hydrogen) atoms. The first-order valence-corrected chi connectivity index (χ1v) is 22.6. The number of ether oxygens (including phenoxy) is 6. The van der Waals surface area contributed by atoms with Crippen molar-refractivity contribution >= 4 is 45.8 Å². The molecule has 0 atom stereocenters. The van der Waals surface area contributed by atoms with Gasteiger partial charge in [-0.2, -0.15) is 0 Å². The third-order valence-electron chi connectivity index (χ3n) is 9.04. The standard InChI is InChI=1S/C36H56ClNO10Si2/c1-35(2,3)49(11,12)47-29-21-30(48-50(13,14)36(4,5)6)33(37)24(32(29)34(40)44-10)17-15-16-18-31(39)38-25-19-28(46-23-42-8)27(43-9)20-26(25)45-22-41-7/h16,18-21H,15,17,22-23H2,1-14H3,(H,38,39)/b18-16+. The Morgan fingerprint density at radius 3 is 1.78 bits per heavy atom. The first-order valence-electron chi connectivity index (χ1n) is 16.4. The summed E-state index contributed by atoms with van der Waals surface area (Å²) in [6.45, 7) is 21.2. The van der Waals surface area contributed by atoms with Gasteiger partial charge in [-0.3, -0.25) is 4.79 Å². The number of benzene rings is 2. The van der Waals surface area contributed by atoms with Gasteiger partial charge in [0.05, 0.1) is 24.9 Å². The van der Waals surface area contributed by atoms with Crippen molar-refractivity contribution in [2.75, 3.05) is 47.3 Å². The monoisotopic (exact) mass is 753 g/mol. The molecule has 1 amide bonds. The van der Waals surface area contributed by atoms with Crippen LogP contribution in [0, 0.1) is 0 Å². The molecule has 14 heteroatoms. The highest BCUT2D eigenvalue weighted by molar-refractivity contribution is 6.75. The van der Waals surface area contributed by atoms with Crippen LogP contribution in [0.25, 0.3) is 0 Å². The van der Waals surface area contributed by atoms with Crippen LogP contribution in [0.15, 0.2) is 30.4 Å². The van der Waals surface area contributed by atoms with E-state index >= 15 is 0 Å². The van der Waals surface area contributed by atoms with Gasteiger partial charge < -0.3 is 42.6 Å². The summed E-state index contributed by atoms with van der Waals surface area (Å²) in [7, 11) is 1.04. The van der Waals surface area contributed by atoms with Crippen molar-refractivity contribution in [2.45, 2.75) is 90.6 Å². The first-order chi connectivity index (χ1) is 23.1. The molecule has 0 aliphatic rings. The summed E-state index contributed by atoms with van der Waals surface area (Å²) in [4.78, 5) is 26.5. The predicted molar refractivity (Wildman–Crippen MR) is 203 cm³/mol. The smallest absolute Gasteiger partial charge is 0.341 e. The van der Waals surface area contributed by atoms with Crippen LogP contribution in [0.1, 0.15) is 63.9 Å². The highest BCUT2D eigenvalue weighted by atomic mass is 35.5. The molecule has 0 aromatic heterocycles. The van der Waals surface area contributed by atoms with E-state index in [-0.39, 0.29) is 29.2 Å². The second-order valence-corrected chi connectivity index (χ2v) is 24.6. The van der Waals surface area contributed by atoms with Crippen LogP contribution in [-0.4, -0.2) is 70.5 Å². The summed E-state index contributed by atoms with van der Waals surface area (Å²) >= 11 is 7.07. The van der Waals surface area contributed by atoms with Crippen molar-refractivity contribution in [3.05, 3.63) is 46.5 Å². The fraction of sp³-hybridized carbons (Fsp3) is 0.556. The molecule has 2 aromatic rings. The minimum absolute atomic E-state index is 0.0250. The number of carbonyl (C=O) groups excluding carboxylic acids is 2. The SMILES string of the molecule is COCOc1cc(OC)c(OCOC)cc1NC(=O)/C=C/CCc1c(Cl)c(O[Si](C)(C)C(C)(C)C)cc(O[Si](C)(C)C(C)(C)C)c1C(=O)OC. The predicted octanol–water partition coefficient (Wildman–Crippen LogP) is 9.00. The van der Waals surface area contributed by atoms with Gasteiger partial charge in [0.2, 0.25) is 5.91 Å². The highest BCUT2D eigenvalue weighted by Crippen LogP contribution is 2.46. The van der Waals surface area contributed by atoms with E-state index in [1.807, 2.05) is 0 Å². The van der Waals surface area contributed by atoms with Gasteiger partial charge in [-0.15, -0.1) is 0 Å². The van der Waals surface area contributed by atoms with Crippen LogP contribution in [0.3, 0.4) is 0 Å². The summed E-state index contributed by atoms with van der Waals surface area (Å²) in [5.74, 6) is 0.907. The third-order valence-corrected chi connectivity index (χ3v) is 18.1. The molecule has 2 aromatic carbocycles. The molecule has 11 nitrogen and oxygen atoms in total. The number of anilines is 1. The summed E-state index contributed by atoms with van der Waals surface area (Å²) in [5.41, 5.74) is 1.12. The van der Waals surface area contributed by atoms with E-state index in [0.717, 1.165) is 0 Å². The lowest BCUT2D eigenvalue weighted by Crippen LogP contribution is -2.45. The maximum Gasteiger partial charge on any atom is 0.341 e. The van der Waals surface area contributed by atoms with Crippen LogP contribution in [0.2, 0.25) is 41.3 Å². The number of methoxy groups -OCH3 is 4. The van der Waals surface area contributed by atoms with Crippen LogP contribution in [0.4, 0.5) is 5.69 Å². The Labute approximate surface area is 305 Å². The van der Waals surface area contributed by atoms with Gasteiger partial charge in [-0.05, 0) is 60.7 Å². The molecule has 2 rings (SSSR count). The van der Waals surface area contributed by atoms with Crippen molar-refractivity contribution in [3.8, 4) is 28.7 Å². The lowest BCUT2D eigenvalue weighted by Gasteiger charge is -2.39. The lowest BCUT2D eigenvalue weighted by atomic mass is 10.0. The van der Waals surface area contributed by atoms with E-state index in [2.05, 4.69) is 73.0 Å². The number of carbonyl (C=O) groups is 2. The normalized spacial score (nSPS) is 12.5. The minimum atomic E-state index is -2.42. The molecule has 280 valence electrons. The zero-order valence-corrected chi connectivity index (χ0v) is 34.9. The van der Waals surface area contributed by atoms with Crippen LogP contribution >= 0.6 is 11.6 Å². The summed E-state index contributed by atoms with van der Waals surface area (Å²) in [6.07, 6.45) is 3.76. The third kappa shape index (κ3) is 11.1.